The number of nitrogens with zero attached hydrogens (tertiary/aromatic N) is 3. The Bertz CT molecular complexity index is 696. The van der Waals surface area contributed by atoms with Gasteiger partial charge in [-0.1, -0.05) is 0 Å². The van der Waals surface area contributed by atoms with Crippen LogP contribution < -0.4 is 4.90 Å². The first-order chi connectivity index (χ1) is 10.8. The zero-order chi connectivity index (χ0) is 16.8. The van der Waals surface area contributed by atoms with Gasteiger partial charge in [-0.2, -0.15) is 18.4 Å². The topological polar surface area (TPSA) is 77.2 Å². The van der Waals surface area contributed by atoms with E-state index < -0.39 is 30.5 Å². The molecule has 2 atom stereocenters. The molecule has 8 heteroatoms. The van der Waals surface area contributed by atoms with E-state index in [-0.39, 0.29) is 17.9 Å². The Kier molecular flexibility index (Phi) is 3.66. The molecular formula is C15H14F3N3O2. The van der Waals surface area contributed by atoms with E-state index in [2.05, 4.69) is 4.98 Å². The summed E-state index contributed by atoms with van der Waals surface area (Å²) >= 11 is 0. The summed E-state index contributed by atoms with van der Waals surface area (Å²) in [7, 11) is 0. The van der Waals surface area contributed by atoms with E-state index >= 15 is 0 Å². The predicted molar refractivity (Wildman–Crippen MR) is 73.9 cm³/mol. The third-order valence-corrected chi connectivity index (χ3v) is 4.51. The molecule has 5 nitrogen and oxygen atoms in total. The van der Waals surface area contributed by atoms with Gasteiger partial charge in [-0.15, -0.1) is 0 Å². The van der Waals surface area contributed by atoms with E-state index in [4.69, 9.17) is 5.11 Å². The Balaban J connectivity index is 1.97. The van der Waals surface area contributed by atoms with E-state index in [9.17, 15) is 23.2 Å². The number of carbonyl (C=O) groups is 1. The molecule has 0 saturated carbocycles. The van der Waals surface area contributed by atoms with Gasteiger partial charge in [0.05, 0.1) is 17.4 Å². The molecule has 3 rings (SSSR count). The van der Waals surface area contributed by atoms with Crippen LogP contribution in [-0.2, 0) is 17.6 Å². The Hall–Kier alpha value is -2.30. The summed E-state index contributed by atoms with van der Waals surface area (Å²) in [5, 5.41) is 18.3. The summed E-state index contributed by atoms with van der Waals surface area (Å²) < 4.78 is 39.3. The molecule has 1 aromatic heterocycles. The van der Waals surface area contributed by atoms with E-state index in [0.717, 1.165) is 30.5 Å². The summed E-state index contributed by atoms with van der Waals surface area (Å²) in [6.45, 7) is -0.777. The van der Waals surface area contributed by atoms with Gasteiger partial charge in [0.25, 0.3) is 0 Å². The Morgan fingerprint density at radius 2 is 2.13 bits per heavy atom. The van der Waals surface area contributed by atoms with Crippen LogP contribution in [0.1, 0.15) is 23.2 Å². The number of hydrogen-bond donors (Lipinski definition) is 1. The number of aryl methyl sites for hydroxylation is 2. The first-order valence-electron chi connectivity index (χ1n) is 7.28. The molecule has 2 heterocycles. The highest BCUT2D eigenvalue weighted by molar-refractivity contribution is 5.73. The molecule has 122 valence electrons. The molecule has 2 aliphatic rings. The van der Waals surface area contributed by atoms with E-state index in [0.29, 0.717) is 0 Å². The Labute approximate surface area is 130 Å². The molecular weight excluding hydrogens is 311 g/mol. The summed E-state index contributed by atoms with van der Waals surface area (Å²) in [4.78, 5) is 16.8. The minimum absolute atomic E-state index is 0.172. The molecule has 1 aromatic rings. The number of anilines is 1. The van der Waals surface area contributed by atoms with E-state index in [1.807, 2.05) is 6.07 Å². The van der Waals surface area contributed by atoms with Crippen molar-refractivity contribution in [3.05, 3.63) is 22.9 Å². The molecule has 1 fully saturated rings. The summed E-state index contributed by atoms with van der Waals surface area (Å²) in [5.41, 5.74) is 1.95. The van der Waals surface area contributed by atoms with Crippen molar-refractivity contribution >= 4 is 11.8 Å². The van der Waals surface area contributed by atoms with Gasteiger partial charge in [-0.05, 0) is 30.9 Å². The number of carboxylic acids is 1. The lowest BCUT2D eigenvalue weighted by molar-refractivity contribution is -0.187. The molecule has 0 amide bonds. The lowest BCUT2D eigenvalue weighted by Gasteiger charge is -2.20. The highest BCUT2D eigenvalue weighted by Crippen LogP contribution is 2.40. The van der Waals surface area contributed by atoms with Crippen molar-refractivity contribution in [2.75, 3.05) is 18.0 Å². The van der Waals surface area contributed by atoms with Crippen molar-refractivity contribution in [2.24, 2.45) is 11.8 Å². The number of carboxylic acid groups (broad SMARTS) is 1. The predicted octanol–water partition coefficient (Wildman–Crippen LogP) is 2.14. The van der Waals surface area contributed by atoms with Crippen molar-refractivity contribution in [2.45, 2.75) is 25.4 Å². The van der Waals surface area contributed by atoms with Crippen LogP contribution in [0.15, 0.2) is 6.07 Å². The highest BCUT2D eigenvalue weighted by atomic mass is 19.4. The van der Waals surface area contributed by atoms with Crippen LogP contribution in [0.3, 0.4) is 0 Å². The number of alkyl halides is 3. The van der Waals surface area contributed by atoms with Crippen molar-refractivity contribution < 1.29 is 23.1 Å². The second kappa shape index (κ2) is 5.41. The van der Waals surface area contributed by atoms with Crippen LogP contribution in [0.5, 0.6) is 0 Å². The number of nitriles is 1. The largest absolute Gasteiger partial charge is 0.481 e. The maximum absolute atomic E-state index is 13.1. The summed E-state index contributed by atoms with van der Waals surface area (Å²) in [6.07, 6.45) is -2.16. The van der Waals surface area contributed by atoms with Crippen LogP contribution in [0, 0.1) is 23.2 Å². The quantitative estimate of drug-likeness (QED) is 0.901. The number of halogens is 3. The lowest BCUT2D eigenvalue weighted by atomic mass is 9.96. The fourth-order valence-electron chi connectivity index (χ4n) is 3.34. The Morgan fingerprint density at radius 1 is 1.39 bits per heavy atom. The SMILES string of the molecule is N#Cc1cc2c(nc1N1C[C@@H](C(F)(F)F)[C@H](C(=O)O)C1)CCC2. The van der Waals surface area contributed by atoms with Crippen LogP contribution in [0.4, 0.5) is 19.0 Å². The molecule has 0 bridgehead atoms. The number of fused-ring (bicyclic) bond motifs is 1. The first-order valence-corrected chi connectivity index (χ1v) is 7.28. The molecule has 0 spiro atoms. The zero-order valence-electron chi connectivity index (χ0n) is 12.1. The molecule has 1 saturated heterocycles. The van der Waals surface area contributed by atoms with Crippen molar-refractivity contribution in [1.29, 1.82) is 5.26 Å². The van der Waals surface area contributed by atoms with Crippen LogP contribution >= 0.6 is 0 Å². The maximum atomic E-state index is 13.1. The van der Waals surface area contributed by atoms with Crippen LogP contribution in [-0.4, -0.2) is 35.3 Å². The summed E-state index contributed by atoms with van der Waals surface area (Å²) in [6, 6.07) is 3.63. The number of rotatable bonds is 2. The monoisotopic (exact) mass is 325 g/mol. The first kappa shape index (κ1) is 15.6. The average molecular weight is 325 g/mol. The van der Waals surface area contributed by atoms with Gasteiger partial charge in [-0.3, -0.25) is 4.79 Å². The Morgan fingerprint density at radius 3 is 2.70 bits per heavy atom. The van der Waals surface area contributed by atoms with Crippen molar-refractivity contribution in [1.82, 2.24) is 4.98 Å². The van der Waals surface area contributed by atoms with E-state index in [1.54, 1.807) is 6.07 Å². The molecule has 1 N–H and O–H groups in total. The van der Waals surface area contributed by atoms with Gasteiger partial charge in [0.15, 0.2) is 0 Å². The van der Waals surface area contributed by atoms with Crippen molar-refractivity contribution in [3.8, 4) is 6.07 Å². The van der Waals surface area contributed by atoms with Gasteiger partial charge < -0.3 is 10.0 Å². The molecule has 1 aliphatic carbocycles. The third-order valence-electron chi connectivity index (χ3n) is 4.51. The molecule has 0 unspecified atom stereocenters. The van der Waals surface area contributed by atoms with Crippen molar-refractivity contribution in [3.63, 3.8) is 0 Å². The minimum Gasteiger partial charge on any atom is -0.481 e. The fraction of sp³-hybridized carbons (Fsp3) is 0.533. The van der Waals surface area contributed by atoms with Gasteiger partial charge >= 0.3 is 12.1 Å². The smallest absolute Gasteiger partial charge is 0.394 e. The van der Waals surface area contributed by atoms with Crippen LogP contribution in [0.2, 0.25) is 0 Å². The third kappa shape index (κ3) is 2.71. The van der Waals surface area contributed by atoms with Gasteiger partial charge in [-0.25, -0.2) is 4.98 Å². The molecule has 0 aromatic carbocycles. The number of hydrogen-bond acceptors (Lipinski definition) is 4. The number of aromatic nitrogens is 1. The second-order valence-corrected chi connectivity index (χ2v) is 5.93. The van der Waals surface area contributed by atoms with Gasteiger partial charge in [0.1, 0.15) is 11.9 Å². The number of aliphatic carboxylic acids is 1. The molecule has 0 radical (unpaired) electrons. The summed E-state index contributed by atoms with van der Waals surface area (Å²) in [5.74, 6) is -4.81. The lowest BCUT2D eigenvalue weighted by Crippen LogP contribution is -2.33. The maximum Gasteiger partial charge on any atom is 0.394 e. The molecule has 1 aliphatic heterocycles. The van der Waals surface area contributed by atoms with Gasteiger partial charge in [0, 0.05) is 18.8 Å². The number of pyridine rings is 1. The highest BCUT2D eigenvalue weighted by Gasteiger charge is 2.53. The fourth-order valence-corrected chi connectivity index (χ4v) is 3.34. The standard InChI is InChI=1S/C15H14F3N3O2/c16-15(17,18)11-7-21(6-10(11)14(22)23)13-9(5-19)4-8-2-1-3-12(8)20-13/h4,10-11H,1-3,6-7H2,(H,22,23)/t10-,11-/m1/s1. The second-order valence-electron chi connectivity index (χ2n) is 5.93. The zero-order valence-corrected chi connectivity index (χ0v) is 12.1. The van der Waals surface area contributed by atoms with E-state index in [1.165, 1.54) is 4.90 Å². The van der Waals surface area contributed by atoms with Gasteiger partial charge in [0.2, 0.25) is 0 Å². The normalized spacial score (nSPS) is 23.7. The average Bonchev–Trinajstić information content (AvgIpc) is 3.11. The minimum atomic E-state index is -4.60. The van der Waals surface area contributed by atoms with Crippen LogP contribution in [0.25, 0.3) is 0 Å². The molecule has 23 heavy (non-hydrogen) atoms.